The van der Waals surface area contributed by atoms with Gasteiger partial charge >= 0.3 is 0 Å². The molecule has 0 unspecified atom stereocenters. The van der Waals surface area contributed by atoms with Gasteiger partial charge in [0.05, 0.1) is 0 Å². The first-order valence-corrected chi connectivity index (χ1v) is 7.80. The second-order valence-corrected chi connectivity index (χ2v) is 6.41. The largest absolute Gasteiger partial charge is 0.383 e. The summed E-state index contributed by atoms with van der Waals surface area (Å²) in [6.07, 6.45) is 5.71. The van der Waals surface area contributed by atoms with Gasteiger partial charge < -0.3 is 5.73 Å². The fourth-order valence-corrected chi connectivity index (χ4v) is 3.06. The van der Waals surface area contributed by atoms with Gasteiger partial charge in [-0.2, -0.15) is 0 Å². The van der Waals surface area contributed by atoms with E-state index in [-0.39, 0.29) is 5.41 Å². The zero-order valence-corrected chi connectivity index (χ0v) is 12.9. The maximum atomic E-state index is 6.24. The van der Waals surface area contributed by atoms with Crippen LogP contribution in [-0.4, -0.2) is 9.97 Å². The van der Waals surface area contributed by atoms with E-state index in [9.17, 15) is 0 Å². The molecule has 1 aromatic heterocycles. The molecule has 0 amide bonds. The molecular weight excluding hydrogens is 258 g/mol. The summed E-state index contributed by atoms with van der Waals surface area (Å²) in [6, 6.07) is 10.4. The highest BCUT2D eigenvalue weighted by Crippen LogP contribution is 2.32. The standard InChI is InChI=1S/C18H23N3/c1-18(2,13-9-5-3-6-10-13)17-20-15-12-8-4-7-11-14(15)16(19)21-17/h3,5-6,9-10H,4,7-8,11-12H2,1-2H3,(H2,19,20,21). The number of fused-ring (bicyclic) bond motifs is 1. The Balaban J connectivity index is 2.07. The molecule has 1 aliphatic rings. The van der Waals surface area contributed by atoms with Crippen molar-refractivity contribution in [1.82, 2.24) is 9.97 Å². The molecule has 0 saturated heterocycles. The van der Waals surface area contributed by atoms with E-state index >= 15 is 0 Å². The summed E-state index contributed by atoms with van der Waals surface area (Å²) in [6.45, 7) is 4.33. The van der Waals surface area contributed by atoms with Crippen LogP contribution in [0.2, 0.25) is 0 Å². The maximum absolute atomic E-state index is 6.24. The molecule has 3 nitrogen and oxygen atoms in total. The number of aromatic nitrogens is 2. The van der Waals surface area contributed by atoms with Crippen LogP contribution in [-0.2, 0) is 18.3 Å². The summed E-state index contributed by atoms with van der Waals surface area (Å²) >= 11 is 0. The van der Waals surface area contributed by atoms with Crippen molar-refractivity contribution in [1.29, 1.82) is 0 Å². The van der Waals surface area contributed by atoms with Crippen LogP contribution < -0.4 is 5.73 Å². The lowest BCUT2D eigenvalue weighted by atomic mass is 9.83. The average molecular weight is 281 g/mol. The number of nitrogens with two attached hydrogens (primary N) is 1. The molecule has 0 atom stereocenters. The molecule has 0 spiro atoms. The van der Waals surface area contributed by atoms with Crippen LogP contribution in [0.4, 0.5) is 5.82 Å². The number of aryl methyl sites for hydroxylation is 1. The highest BCUT2D eigenvalue weighted by Gasteiger charge is 2.28. The third kappa shape index (κ3) is 2.65. The first kappa shape index (κ1) is 14.1. The number of benzene rings is 1. The molecule has 1 heterocycles. The summed E-state index contributed by atoms with van der Waals surface area (Å²) in [5.74, 6) is 1.52. The number of hydrogen-bond donors (Lipinski definition) is 1. The van der Waals surface area contributed by atoms with Crippen molar-refractivity contribution >= 4 is 5.82 Å². The first-order chi connectivity index (χ1) is 10.1. The van der Waals surface area contributed by atoms with Gasteiger partial charge in [0.2, 0.25) is 0 Å². The van der Waals surface area contributed by atoms with Gasteiger partial charge in [0.1, 0.15) is 11.6 Å². The molecule has 0 radical (unpaired) electrons. The van der Waals surface area contributed by atoms with E-state index in [1.807, 2.05) is 6.07 Å². The molecule has 110 valence electrons. The smallest absolute Gasteiger partial charge is 0.140 e. The second-order valence-electron chi connectivity index (χ2n) is 6.41. The zero-order chi connectivity index (χ0) is 14.9. The van der Waals surface area contributed by atoms with Crippen LogP contribution in [0.3, 0.4) is 0 Å². The summed E-state index contributed by atoms with van der Waals surface area (Å²) in [5.41, 5.74) is 9.58. The van der Waals surface area contributed by atoms with E-state index in [0.717, 1.165) is 18.7 Å². The number of rotatable bonds is 2. The van der Waals surface area contributed by atoms with E-state index in [0.29, 0.717) is 5.82 Å². The third-order valence-electron chi connectivity index (χ3n) is 4.52. The predicted molar refractivity (Wildman–Crippen MR) is 86.3 cm³/mol. The Morgan fingerprint density at radius 2 is 1.67 bits per heavy atom. The lowest BCUT2D eigenvalue weighted by Crippen LogP contribution is -2.24. The number of hydrogen-bond acceptors (Lipinski definition) is 3. The van der Waals surface area contributed by atoms with Crippen molar-refractivity contribution in [2.24, 2.45) is 0 Å². The Hall–Kier alpha value is -1.90. The van der Waals surface area contributed by atoms with E-state index in [4.69, 9.17) is 10.7 Å². The van der Waals surface area contributed by atoms with Gasteiger partial charge in [-0.3, -0.25) is 0 Å². The average Bonchev–Trinajstić information content (AvgIpc) is 2.74. The van der Waals surface area contributed by atoms with Crippen LogP contribution in [0.5, 0.6) is 0 Å². The number of anilines is 1. The van der Waals surface area contributed by atoms with E-state index in [1.54, 1.807) is 0 Å². The minimum absolute atomic E-state index is 0.225. The molecule has 0 fully saturated rings. The van der Waals surface area contributed by atoms with Crippen LogP contribution in [0, 0.1) is 0 Å². The normalized spacial score (nSPS) is 15.3. The van der Waals surface area contributed by atoms with Crippen molar-refractivity contribution in [3.63, 3.8) is 0 Å². The molecule has 0 saturated carbocycles. The Bertz CT molecular complexity index is 632. The van der Waals surface area contributed by atoms with Crippen molar-refractivity contribution in [2.45, 2.75) is 51.4 Å². The SMILES string of the molecule is CC(C)(c1ccccc1)c1nc(N)c2c(n1)CCCCC2. The highest BCUT2D eigenvalue weighted by molar-refractivity contribution is 5.45. The van der Waals surface area contributed by atoms with E-state index in [2.05, 4.69) is 43.1 Å². The minimum atomic E-state index is -0.225. The van der Waals surface area contributed by atoms with Crippen LogP contribution in [0.1, 0.15) is 55.8 Å². The second kappa shape index (κ2) is 5.47. The molecular formula is C18H23N3. The highest BCUT2D eigenvalue weighted by atomic mass is 15.0. The van der Waals surface area contributed by atoms with Gasteiger partial charge in [0.25, 0.3) is 0 Å². The van der Waals surface area contributed by atoms with Crippen LogP contribution >= 0.6 is 0 Å². The van der Waals surface area contributed by atoms with E-state index < -0.39 is 0 Å². The fraction of sp³-hybridized carbons (Fsp3) is 0.444. The number of nitrogens with zero attached hydrogens (tertiary/aromatic N) is 2. The molecule has 0 bridgehead atoms. The van der Waals surface area contributed by atoms with Gasteiger partial charge in [0, 0.05) is 16.7 Å². The molecule has 3 heteroatoms. The van der Waals surface area contributed by atoms with Crippen LogP contribution in [0.25, 0.3) is 0 Å². The molecule has 1 aliphatic carbocycles. The number of nitrogen functional groups attached to an aromatic ring is 1. The predicted octanol–water partition coefficient (Wildman–Crippen LogP) is 3.65. The van der Waals surface area contributed by atoms with Gasteiger partial charge in [-0.15, -0.1) is 0 Å². The molecule has 21 heavy (non-hydrogen) atoms. The molecule has 2 aromatic rings. The van der Waals surface area contributed by atoms with Crippen molar-refractivity contribution in [3.8, 4) is 0 Å². The topological polar surface area (TPSA) is 51.8 Å². The minimum Gasteiger partial charge on any atom is -0.383 e. The van der Waals surface area contributed by atoms with Gasteiger partial charge in [0.15, 0.2) is 0 Å². The fourth-order valence-electron chi connectivity index (χ4n) is 3.06. The Kier molecular flexibility index (Phi) is 3.66. The van der Waals surface area contributed by atoms with E-state index in [1.165, 1.54) is 36.1 Å². The van der Waals surface area contributed by atoms with Gasteiger partial charge in [-0.05, 0) is 45.1 Å². The summed E-state index contributed by atoms with van der Waals surface area (Å²) in [5, 5.41) is 0. The van der Waals surface area contributed by atoms with Crippen molar-refractivity contribution in [3.05, 3.63) is 53.0 Å². The molecule has 3 rings (SSSR count). The summed E-state index contributed by atoms with van der Waals surface area (Å²) in [4.78, 5) is 9.53. The Labute approximate surface area is 126 Å². The third-order valence-corrected chi connectivity index (χ3v) is 4.52. The Morgan fingerprint density at radius 1 is 0.952 bits per heavy atom. The van der Waals surface area contributed by atoms with Crippen molar-refractivity contribution < 1.29 is 0 Å². The van der Waals surface area contributed by atoms with Crippen LogP contribution in [0.15, 0.2) is 30.3 Å². The first-order valence-electron chi connectivity index (χ1n) is 7.80. The Morgan fingerprint density at radius 3 is 2.43 bits per heavy atom. The maximum Gasteiger partial charge on any atom is 0.140 e. The molecule has 2 N–H and O–H groups in total. The van der Waals surface area contributed by atoms with Gasteiger partial charge in [-0.1, -0.05) is 36.8 Å². The summed E-state index contributed by atoms with van der Waals surface area (Å²) < 4.78 is 0. The van der Waals surface area contributed by atoms with Crippen molar-refractivity contribution in [2.75, 3.05) is 5.73 Å². The zero-order valence-electron chi connectivity index (χ0n) is 12.9. The molecule has 1 aromatic carbocycles. The monoisotopic (exact) mass is 281 g/mol. The van der Waals surface area contributed by atoms with Gasteiger partial charge in [-0.25, -0.2) is 9.97 Å². The lowest BCUT2D eigenvalue weighted by molar-refractivity contribution is 0.584. The quantitative estimate of drug-likeness (QED) is 0.855. The lowest BCUT2D eigenvalue weighted by Gasteiger charge is -2.25. The molecule has 0 aliphatic heterocycles. The summed E-state index contributed by atoms with van der Waals surface area (Å²) in [7, 11) is 0.